The maximum absolute atomic E-state index is 12.5. The van der Waals surface area contributed by atoms with Gasteiger partial charge in [0.2, 0.25) is 0 Å². The third-order valence-electron chi connectivity index (χ3n) is 5.98. The van der Waals surface area contributed by atoms with Crippen molar-refractivity contribution in [2.45, 2.75) is 32.7 Å². The van der Waals surface area contributed by atoms with Crippen LogP contribution in [0.4, 0.5) is 0 Å². The average molecular weight is 389 g/mol. The minimum Gasteiger partial charge on any atom is -0.337 e. The van der Waals surface area contributed by atoms with Crippen molar-refractivity contribution in [3.8, 4) is 0 Å². The Balaban J connectivity index is 1.27. The second-order valence-electron chi connectivity index (χ2n) is 7.74. The molecule has 2 fully saturated rings. The molecule has 1 aromatic carbocycles. The van der Waals surface area contributed by atoms with E-state index in [4.69, 9.17) is 11.6 Å². The summed E-state index contributed by atoms with van der Waals surface area (Å²) in [5.74, 6) is 1.37. The van der Waals surface area contributed by atoms with Gasteiger partial charge in [0.05, 0.1) is 0 Å². The van der Waals surface area contributed by atoms with E-state index in [-0.39, 0.29) is 5.91 Å². The van der Waals surface area contributed by atoms with Crippen molar-refractivity contribution in [1.29, 1.82) is 0 Å². The standard InChI is InChI=1S/C20H25ClN4O2/c1-14-19(23-27-22-14)20(26)25-10-7-16(8-11-25)17-6-9-24(13-17)12-15-2-4-18(21)5-3-15/h2-5,16-17H,6-13H2,1H3/t17-/m1/s1. The molecule has 3 heterocycles. The average Bonchev–Trinajstić information content (AvgIpc) is 3.32. The number of hydrogen-bond donors (Lipinski definition) is 0. The first-order chi connectivity index (χ1) is 13.1. The molecule has 0 spiro atoms. The number of aromatic nitrogens is 2. The van der Waals surface area contributed by atoms with Gasteiger partial charge in [-0.25, -0.2) is 4.63 Å². The lowest BCUT2D eigenvalue weighted by Gasteiger charge is -2.34. The van der Waals surface area contributed by atoms with Crippen LogP contribution in [0, 0.1) is 18.8 Å². The molecule has 0 aliphatic carbocycles. The molecule has 1 aromatic heterocycles. The van der Waals surface area contributed by atoms with Crippen LogP contribution in [0.2, 0.25) is 5.02 Å². The molecule has 4 rings (SSSR count). The highest BCUT2D eigenvalue weighted by Crippen LogP contribution is 2.33. The van der Waals surface area contributed by atoms with Crippen LogP contribution in [0.25, 0.3) is 0 Å². The normalized spacial score (nSPS) is 21.7. The molecule has 0 unspecified atom stereocenters. The van der Waals surface area contributed by atoms with E-state index in [0.29, 0.717) is 17.3 Å². The molecule has 2 aliphatic rings. The second-order valence-corrected chi connectivity index (χ2v) is 8.17. The summed E-state index contributed by atoms with van der Waals surface area (Å²) in [6.07, 6.45) is 3.38. The SMILES string of the molecule is Cc1nonc1C(=O)N1CCC([C@@H]2CCN(Cc3ccc(Cl)cc3)C2)CC1. The van der Waals surface area contributed by atoms with Crippen LogP contribution in [0.3, 0.4) is 0 Å². The molecule has 144 valence electrons. The fourth-order valence-electron chi connectivity index (χ4n) is 4.39. The number of halogens is 1. The zero-order valence-corrected chi connectivity index (χ0v) is 16.4. The molecule has 2 aromatic rings. The molecule has 6 nitrogen and oxygen atoms in total. The van der Waals surface area contributed by atoms with Crippen molar-refractivity contribution in [1.82, 2.24) is 20.1 Å². The third-order valence-corrected chi connectivity index (χ3v) is 6.23. The lowest BCUT2D eigenvalue weighted by atomic mass is 9.83. The van der Waals surface area contributed by atoms with Crippen LogP contribution in [-0.4, -0.2) is 52.2 Å². The minimum absolute atomic E-state index is 0.0528. The Kier molecular flexibility index (Phi) is 5.45. The predicted octanol–water partition coefficient (Wildman–Crippen LogP) is 3.41. The summed E-state index contributed by atoms with van der Waals surface area (Å²) in [5, 5.41) is 8.25. The number of aryl methyl sites for hydroxylation is 1. The lowest BCUT2D eigenvalue weighted by molar-refractivity contribution is 0.0647. The Labute approximate surface area is 164 Å². The molecule has 2 aliphatic heterocycles. The van der Waals surface area contributed by atoms with Crippen molar-refractivity contribution < 1.29 is 9.42 Å². The van der Waals surface area contributed by atoms with E-state index >= 15 is 0 Å². The molecular weight excluding hydrogens is 364 g/mol. The van der Waals surface area contributed by atoms with E-state index in [9.17, 15) is 4.79 Å². The molecular formula is C20H25ClN4O2. The fraction of sp³-hybridized carbons (Fsp3) is 0.550. The topological polar surface area (TPSA) is 62.5 Å². The Morgan fingerprint density at radius 2 is 1.81 bits per heavy atom. The highest BCUT2D eigenvalue weighted by atomic mass is 35.5. The van der Waals surface area contributed by atoms with Crippen molar-refractivity contribution in [3.05, 3.63) is 46.2 Å². The zero-order chi connectivity index (χ0) is 18.8. The Morgan fingerprint density at radius 3 is 2.48 bits per heavy atom. The van der Waals surface area contributed by atoms with Crippen LogP contribution in [0.15, 0.2) is 28.9 Å². The van der Waals surface area contributed by atoms with Gasteiger partial charge >= 0.3 is 0 Å². The number of carbonyl (C=O) groups is 1. The number of piperidine rings is 1. The van der Waals surface area contributed by atoms with E-state index in [1.54, 1.807) is 6.92 Å². The van der Waals surface area contributed by atoms with E-state index in [2.05, 4.69) is 32.0 Å². The van der Waals surface area contributed by atoms with Gasteiger partial charge in [0.25, 0.3) is 5.91 Å². The predicted molar refractivity (Wildman–Crippen MR) is 102 cm³/mol. The summed E-state index contributed by atoms with van der Waals surface area (Å²) in [4.78, 5) is 17.0. The Morgan fingerprint density at radius 1 is 1.11 bits per heavy atom. The molecule has 1 atom stereocenters. The number of amides is 1. The van der Waals surface area contributed by atoms with Gasteiger partial charge in [0.1, 0.15) is 5.69 Å². The first kappa shape index (κ1) is 18.4. The largest absolute Gasteiger partial charge is 0.337 e. The molecule has 0 radical (unpaired) electrons. The van der Waals surface area contributed by atoms with E-state index in [1.807, 2.05) is 17.0 Å². The molecule has 0 bridgehead atoms. The summed E-state index contributed by atoms with van der Waals surface area (Å²) in [5.41, 5.74) is 2.23. The van der Waals surface area contributed by atoms with Crippen molar-refractivity contribution in [3.63, 3.8) is 0 Å². The van der Waals surface area contributed by atoms with Gasteiger partial charge in [-0.2, -0.15) is 0 Å². The first-order valence-corrected chi connectivity index (χ1v) is 10.0. The van der Waals surface area contributed by atoms with Crippen LogP contribution in [0.5, 0.6) is 0 Å². The molecule has 0 N–H and O–H groups in total. The number of carbonyl (C=O) groups excluding carboxylic acids is 1. The van der Waals surface area contributed by atoms with Crippen LogP contribution in [-0.2, 0) is 6.54 Å². The Hall–Kier alpha value is -1.92. The van der Waals surface area contributed by atoms with Crippen molar-refractivity contribution in [2.75, 3.05) is 26.2 Å². The van der Waals surface area contributed by atoms with E-state index < -0.39 is 0 Å². The maximum atomic E-state index is 12.5. The zero-order valence-electron chi connectivity index (χ0n) is 15.6. The highest BCUT2D eigenvalue weighted by Gasteiger charge is 2.34. The van der Waals surface area contributed by atoms with Crippen LogP contribution >= 0.6 is 11.6 Å². The van der Waals surface area contributed by atoms with Gasteiger partial charge in [0, 0.05) is 31.2 Å². The minimum atomic E-state index is -0.0528. The highest BCUT2D eigenvalue weighted by molar-refractivity contribution is 6.30. The number of benzene rings is 1. The monoisotopic (exact) mass is 388 g/mol. The van der Waals surface area contributed by atoms with Crippen LogP contribution in [0.1, 0.15) is 41.0 Å². The third kappa shape index (κ3) is 4.17. The molecule has 2 saturated heterocycles. The van der Waals surface area contributed by atoms with Crippen molar-refractivity contribution in [2.24, 2.45) is 11.8 Å². The first-order valence-electron chi connectivity index (χ1n) is 9.65. The van der Waals surface area contributed by atoms with Gasteiger partial charge in [0.15, 0.2) is 5.69 Å². The Bertz CT molecular complexity index is 784. The maximum Gasteiger partial charge on any atom is 0.278 e. The van der Waals surface area contributed by atoms with E-state index in [1.165, 1.54) is 12.0 Å². The summed E-state index contributed by atoms with van der Waals surface area (Å²) in [6.45, 7) is 6.63. The van der Waals surface area contributed by atoms with Gasteiger partial charge < -0.3 is 4.90 Å². The van der Waals surface area contributed by atoms with Crippen molar-refractivity contribution >= 4 is 17.5 Å². The molecule has 7 heteroatoms. The number of likely N-dealkylation sites (tertiary alicyclic amines) is 2. The van der Waals surface area contributed by atoms with Crippen LogP contribution < -0.4 is 0 Å². The number of hydrogen-bond acceptors (Lipinski definition) is 5. The van der Waals surface area contributed by atoms with Gasteiger partial charge in [-0.15, -0.1) is 0 Å². The smallest absolute Gasteiger partial charge is 0.278 e. The number of nitrogens with zero attached hydrogens (tertiary/aromatic N) is 4. The number of rotatable bonds is 4. The van der Waals surface area contributed by atoms with E-state index in [0.717, 1.165) is 56.5 Å². The van der Waals surface area contributed by atoms with Gasteiger partial charge in [-0.05, 0) is 67.4 Å². The van der Waals surface area contributed by atoms with Gasteiger partial charge in [-0.3, -0.25) is 9.69 Å². The van der Waals surface area contributed by atoms with Gasteiger partial charge in [-0.1, -0.05) is 28.9 Å². The second kappa shape index (κ2) is 7.98. The fourth-order valence-corrected chi connectivity index (χ4v) is 4.51. The lowest BCUT2D eigenvalue weighted by Crippen LogP contribution is -2.40. The molecule has 0 saturated carbocycles. The summed E-state index contributed by atoms with van der Waals surface area (Å²) < 4.78 is 4.67. The summed E-state index contributed by atoms with van der Waals surface area (Å²) in [6, 6.07) is 8.15. The molecule has 1 amide bonds. The quantitative estimate of drug-likeness (QED) is 0.803. The molecule has 27 heavy (non-hydrogen) atoms. The summed E-state index contributed by atoms with van der Waals surface area (Å²) in [7, 11) is 0. The summed E-state index contributed by atoms with van der Waals surface area (Å²) >= 11 is 5.97.